The summed E-state index contributed by atoms with van der Waals surface area (Å²) in [5.41, 5.74) is 0.947. The minimum Gasteiger partial charge on any atom is -0.330 e. The predicted molar refractivity (Wildman–Crippen MR) is 78.4 cm³/mol. The van der Waals surface area contributed by atoms with E-state index in [-0.39, 0.29) is 5.91 Å². The molecule has 1 unspecified atom stereocenters. The van der Waals surface area contributed by atoms with Gasteiger partial charge < -0.3 is 10.6 Å². The molecule has 1 aromatic carbocycles. The first kappa shape index (κ1) is 13.5. The fourth-order valence-electron chi connectivity index (χ4n) is 1.98. The van der Waals surface area contributed by atoms with Crippen LogP contribution in [-0.4, -0.2) is 28.2 Å². The summed E-state index contributed by atoms with van der Waals surface area (Å²) in [7, 11) is 0. The number of hydrogen-bond acceptors (Lipinski definition) is 6. The van der Waals surface area contributed by atoms with E-state index in [0.29, 0.717) is 18.0 Å². The van der Waals surface area contributed by atoms with E-state index in [2.05, 4.69) is 26.1 Å². The molecule has 1 atom stereocenters. The summed E-state index contributed by atoms with van der Waals surface area (Å²) in [6, 6.07) is 8.79. The number of amides is 3. The molecule has 3 amide bonds. The number of nitrogens with zero attached hydrogens (tertiary/aromatic N) is 2. The van der Waals surface area contributed by atoms with Crippen LogP contribution in [0.4, 0.5) is 15.6 Å². The average Bonchev–Trinajstić information content (AvgIpc) is 3.04. The fraction of sp³-hybridized carbons (Fsp3) is 0.231. The molecule has 0 aliphatic carbocycles. The van der Waals surface area contributed by atoms with Crippen LogP contribution in [0, 0.1) is 0 Å². The van der Waals surface area contributed by atoms with Crippen LogP contribution in [0.15, 0.2) is 30.3 Å². The standard InChI is InChI=1S/C13H13N5O2S/c19-11-9(15-12(20)16-11)6-7-10-17-18-13(21-10)14-8-4-2-1-3-5-8/h1-5,9H,6-7H2,(H,14,18)(H2,15,16,19,20). The number of carbonyl (C=O) groups excluding carboxylic acids is 2. The molecule has 8 heteroatoms. The smallest absolute Gasteiger partial charge is 0.322 e. The Morgan fingerprint density at radius 1 is 1.19 bits per heavy atom. The van der Waals surface area contributed by atoms with Gasteiger partial charge in [-0.3, -0.25) is 10.1 Å². The van der Waals surface area contributed by atoms with Crippen LogP contribution in [0.25, 0.3) is 0 Å². The van der Waals surface area contributed by atoms with Gasteiger partial charge in [-0.15, -0.1) is 10.2 Å². The van der Waals surface area contributed by atoms with E-state index in [1.807, 2.05) is 30.3 Å². The topological polar surface area (TPSA) is 96.0 Å². The van der Waals surface area contributed by atoms with Crippen LogP contribution in [0.1, 0.15) is 11.4 Å². The van der Waals surface area contributed by atoms with Crippen LogP contribution >= 0.6 is 11.3 Å². The van der Waals surface area contributed by atoms with Gasteiger partial charge in [0.05, 0.1) is 0 Å². The van der Waals surface area contributed by atoms with Crippen LogP contribution in [-0.2, 0) is 11.2 Å². The molecule has 1 aliphatic heterocycles. The zero-order valence-electron chi connectivity index (χ0n) is 11.0. The lowest BCUT2D eigenvalue weighted by Gasteiger charge is -2.03. The number of para-hydroxylation sites is 1. The van der Waals surface area contributed by atoms with Crippen molar-refractivity contribution in [3.05, 3.63) is 35.3 Å². The number of carbonyl (C=O) groups is 2. The molecule has 1 aliphatic rings. The third-order valence-corrected chi connectivity index (χ3v) is 3.90. The first-order valence-corrected chi connectivity index (χ1v) is 7.28. The number of urea groups is 1. The summed E-state index contributed by atoms with van der Waals surface area (Å²) >= 11 is 1.44. The van der Waals surface area contributed by atoms with Crippen LogP contribution in [0.5, 0.6) is 0 Å². The van der Waals surface area contributed by atoms with Crippen molar-refractivity contribution in [1.29, 1.82) is 0 Å². The highest BCUT2D eigenvalue weighted by Crippen LogP contribution is 2.21. The lowest BCUT2D eigenvalue weighted by Crippen LogP contribution is -2.29. The summed E-state index contributed by atoms with van der Waals surface area (Å²) < 4.78 is 0. The van der Waals surface area contributed by atoms with Gasteiger partial charge in [-0.1, -0.05) is 29.5 Å². The van der Waals surface area contributed by atoms with Crippen molar-refractivity contribution in [2.45, 2.75) is 18.9 Å². The molecule has 3 N–H and O–H groups in total. The molecule has 0 saturated carbocycles. The van der Waals surface area contributed by atoms with Gasteiger partial charge in [0.1, 0.15) is 11.0 Å². The maximum atomic E-state index is 11.4. The molecule has 0 spiro atoms. The molecular weight excluding hydrogens is 290 g/mol. The normalized spacial score (nSPS) is 17.4. The number of aryl methyl sites for hydroxylation is 1. The molecule has 7 nitrogen and oxygen atoms in total. The van der Waals surface area contributed by atoms with Crippen molar-refractivity contribution >= 4 is 34.1 Å². The number of rotatable bonds is 5. The minimum absolute atomic E-state index is 0.285. The van der Waals surface area contributed by atoms with Crippen molar-refractivity contribution in [3.63, 3.8) is 0 Å². The van der Waals surface area contributed by atoms with Gasteiger partial charge in [0.15, 0.2) is 0 Å². The Kier molecular flexibility index (Phi) is 3.78. The Balaban J connectivity index is 1.56. The van der Waals surface area contributed by atoms with Gasteiger partial charge in [-0.2, -0.15) is 0 Å². The highest BCUT2D eigenvalue weighted by atomic mass is 32.1. The second-order valence-corrected chi connectivity index (χ2v) is 5.61. The lowest BCUT2D eigenvalue weighted by molar-refractivity contribution is -0.120. The number of benzene rings is 1. The van der Waals surface area contributed by atoms with E-state index in [1.165, 1.54) is 11.3 Å². The summed E-state index contributed by atoms with van der Waals surface area (Å²) in [6.07, 6.45) is 1.10. The number of anilines is 2. The Bertz CT molecular complexity index is 658. The van der Waals surface area contributed by atoms with Crippen LogP contribution in [0.3, 0.4) is 0 Å². The molecule has 3 rings (SSSR count). The first-order chi connectivity index (χ1) is 10.2. The Morgan fingerprint density at radius 2 is 2.00 bits per heavy atom. The monoisotopic (exact) mass is 303 g/mol. The summed E-state index contributed by atoms with van der Waals surface area (Å²) in [5.74, 6) is -0.285. The Morgan fingerprint density at radius 3 is 2.71 bits per heavy atom. The molecule has 1 fully saturated rings. The number of aromatic nitrogens is 2. The largest absolute Gasteiger partial charge is 0.330 e. The zero-order valence-corrected chi connectivity index (χ0v) is 11.8. The molecule has 0 radical (unpaired) electrons. The third-order valence-electron chi connectivity index (χ3n) is 3.00. The van der Waals surface area contributed by atoms with Gasteiger partial charge in [0.2, 0.25) is 5.13 Å². The first-order valence-electron chi connectivity index (χ1n) is 6.46. The van der Waals surface area contributed by atoms with Gasteiger partial charge in [-0.05, 0) is 18.6 Å². The summed E-state index contributed by atoms with van der Waals surface area (Å²) in [5, 5.41) is 17.6. The molecule has 2 heterocycles. The molecule has 21 heavy (non-hydrogen) atoms. The predicted octanol–water partition coefficient (Wildman–Crippen LogP) is 1.42. The third kappa shape index (κ3) is 3.34. The van der Waals surface area contributed by atoms with E-state index in [0.717, 1.165) is 10.7 Å². The quantitative estimate of drug-likeness (QED) is 0.726. The highest BCUT2D eigenvalue weighted by Gasteiger charge is 2.29. The second-order valence-electron chi connectivity index (χ2n) is 4.55. The van der Waals surface area contributed by atoms with Crippen molar-refractivity contribution in [2.24, 2.45) is 0 Å². The molecule has 1 saturated heterocycles. The summed E-state index contributed by atoms with van der Waals surface area (Å²) in [6.45, 7) is 0. The van der Waals surface area contributed by atoms with Crippen LogP contribution in [0.2, 0.25) is 0 Å². The molecular formula is C13H13N5O2S. The van der Waals surface area contributed by atoms with E-state index < -0.39 is 12.1 Å². The maximum Gasteiger partial charge on any atom is 0.322 e. The minimum atomic E-state index is -0.480. The van der Waals surface area contributed by atoms with Crippen molar-refractivity contribution in [2.75, 3.05) is 5.32 Å². The van der Waals surface area contributed by atoms with Gasteiger partial charge in [0.25, 0.3) is 5.91 Å². The Hall–Kier alpha value is -2.48. The van der Waals surface area contributed by atoms with E-state index in [9.17, 15) is 9.59 Å². The van der Waals surface area contributed by atoms with Crippen molar-refractivity contribution in [3.8, 4) is 0 Å². The Labute approximate surface area is 124 Å². The van der Waals surface area contributed by atoms with Gasteiger partial charge in [0, 0.05) is 12.1 Å². The molecule has 2 aromatic rings. The van der Waals surface area contributed by atoms with Crippen molar-refractivity contribution in [1.82, 2.24) is 20.8 Å². The second kappa shape index (κ2) is 5.88. The van der Waals surface area contributed by atoms with E-state index in [4.69, 9.17) is 0 Å². The molecule has 0 bridgehead atoms. The number of imide groups is 1. The van der Waals surface area contributed by atoms with E-state index >= 15 is 0 Å². The van der Waals surface area contributed by atoms with E-state index in [1.54, 1.807) is 0 Å². The van der Waals surface area contributed by atoms with Crippen LogP contribution < -0.4 is 16.0 Å². The van der Waals surface area contributed by atoms with Crippen molar-refractivity contribution < 1.29 is 9.59 Å². The maximum absolute atomic E-state index is 11.4. The van der Waals surface area contributed by atoms with Gasteiger partial charge >= 0.3 is 6.03 Å². The fourth-order valence-corrected chi connectivity index (χ4v) is 2.76. The highest BCUT2D eigenvalue weighted by molar-refractivity contribution is 7.15. The summed E-state index contributed by atoms with van der Waals surface area (Å²) in [4.78, 5) is 22.4. The number of nitrogens with one attached hydrogen (secondary N) is 3. The average molecular weight is 303 g/mol. The lowest BCUT2D eigenvalue weighted by atomic mass is 10.1. The zero-order chi connectivity index (χ0) is 14.7. The van der Waals surface area contributed by atoms with Gasteiger partial charge in [-0.25, -0.2) is 4.79 Å². The molecule has 1 aromatic heterocycles. The number of hydrogen-bond donors (Lipinski definition) is 3. The molecule has 108 valence electrons. The SMILES string of the molecule is O=C1NC(=O)C(CCc2nnc(Nc3ccccc3)s2)N1.